The third-order valence-electron chi connectivity index (χ3n) is 6.68. The second-order valence-electron chi connectivity index (χ2n) is 8.82. The lowest BCUT2D eigenvalue weighted by Gasteiger charge is -2.37. The topological polar surface area (TPSA) is 92.3 Å². The molecule has 9 nitrogen and oxygen atoms in total. The van der Waals surface area contributed by atoms with Crippen molar-refractivity contribution >= 4 is 42.6 Å². The predicted molar refractivity (Wildman–Crippen MR) is 139 cm³/mol. The number of carbonyl (C=O) groups is 1. The van der Waals surface area contributed by atoms with Crippen LogP contribution in [0.3, 0.4) is 0 Å². The lowest BCUT2D eigenvalue weighted by Crippen LogP contribution is -2.54. The minimum atomic E-state index is -3.77. The van der Waals surface area contributed by atoms with E-state index in [-0.39, 0.29) is 10.8 Å². The number of ether oxygens (including phenoxy) is 2. The smallest absolute Gasteiger partial charge is 0.243 e. The lowest BCUT2D eigenvalue weighted by molar-refractivity contribution is -0.134. The number of anilines is 1. The summed E-state index contributed by atoms with van der Waals surface area (Å²) in [6, 6.07) is 11.6. The molecule has 192 valence electrons. The highest BCUT2D eigenvalue weighted by atomic mass is 32.2. The highest BCUT2D eigenvalue weighted by molar-refractivity contribution is 7.89. The van der Waals surface area contributed by atoms with Gasteiger partial charge in [0.25, 0.3) is 0 Å². The number of aromatic nitrogens is 1. The van der Waals surface area contributed by atoms with Crippen LogP contribution in [0.4, 0.5) is 5.13 Å². The molecule has 11 heteroatoms. The van der Waals surface area contributed by atoms with Gasteiger partial charge in [0, 0.05) is 32.7 Å². The van der Waals surface area contributed by atoms with E-state index in [0.717, 1.165) is 21.1 Å². The maximum absolute atomic E-state index is 13.4. The van der Waals surface area contributed by atoms with Crippen LogP contribution in [0.5, 0.6) is 11.5 Å². The molecule has 2 saturated heterocycles. The molecular formula is C25H30N4O5S2. The minimum Gasteiger partial charge on any atom is -0.497 e. The number of benzene rings is 2. The number of thiazole rings is 1. The number of fused-ring (bicyclic) bond motifs is 1. The molecular weight excluding hydrogens is 500 g/mol. The van der Waals surface area contributed by atoms with Crippen LogP contribution in [0.15, 0.2) is 47.4 Å². The highest BCUT2D eigenvalue weighted by Crippen LogP contribution is 2.33. The molecule has 36 heavy (non-hydrogen) atoms. The largest absolute Gasteiger partial charge is 0.497 e. The summed E-state index contributed by atoms with van der Waals surface area (Å²) < 4.78 is 39.8. The zero-order valence-corrected chi connectivity index (χ0v) is 22.1. The summed E-state index contributed by atoms with van der Waals surface area (Å²) in [5, 5.41) is 0.926. The second-order valence-corrected chi connectivity index (χ2v) is 11.7. The van der Waals surface area contributed by atoms with Gasteiger partial charge in [0.1, 0.15) is 17.5 Å². The number of hydrogen-bond donors (Lipinski definition) is 0. The fraction of sp³-hybridized carbons (Fsp3) is 0.440. The maximum atomic E-state index is 13.4. The minimum absolute atomic E-state index is 0.116. The standard InChI is InChI=1S/C25H30N4O5S2/c1-3-34-19-8-11-21-23(17-19)35-25(26-21)28-15-13-27(14-16-28)24(30)22-5-4-12-29(22)36(31,32)20-9-6-18(33-2)7-10-20/h6-11,17,22H,3-5,12-16H2,1-2H3. The number of hydrogen-bond acceptors (Lipinski definition) is 8. The Morgan fingerprint density at radius 1 is 1.06 bits per heavy atom. The summed E-state index contributed by atoms with van der Waals surface area (Å²) in [5.74, 6) is 1.31. The number of piperazine rings is 1. The summed E-state index contributed by atoms with van der Waals surface area (Å²) in [7, 11) is -2.24. The molecule has 3 heterocycles. The van der Waals surface area contributed by atoms with Crippen molar-refractivity contribution < 1.29 is 22.7 Å². The first-order chi connectivity index (χ1) is 17.4. The van der Waals surface area contributed by atoms with Gasteiger partial charge in [-0.3, -0.25) is 4.79 Å². The van der Waals surface area contributed by atoms with Gasteiger partial charge in [-0.15, -0.1) is 0 Å². The van der Waals surface area contributed by atoms with E-state index < -0.39 is 16.1 Å². The Morgan fingerprint density at radius 2 is 1.78 bits per heavy atom. The van der Waals surface area contributed by atoms with Crippen LogP contribution in [0, 0.1) is 0 Å². The first-order valence-electron chi connectivity index (χ1n) is 12.1. The van der Waals surface area contributed by atoms with Gasteiger partial charge in [0.05, 0.1) is 28.8 Å². The normalized spacial score (nSPS) is 19.1. The van der Waals surface area contributed by atoms with Gasteiger partial charge < -0.3 is 19.3 Å². The first kappa shape index (κ1) is 24.8. The van der Waals surface area contributed by atoms with E-state index in [9.17, 15) is 13.2 Å². The summed E-state index contributed by atoms with van der Waals surface area (Å²) in [6.45, 7) is 5.30. The Kier molecular flexibility index (Phi) is 7.05. The van der Waals surface area contributed by atoms with Crippen LogP contribution in [0.2, 0.25) is 0 Å². The quantitative estimate of drug-likeness (QED) is 0.463. The number of rotatable bonds is 7. The summed E-state index contributed by atoms with van der Waals surface area (Å²) in [4.78, 5) is 22.4. The van der Waals surface area contributed by atoms with Crippen molar-refractivity contribution in [3.8, 4) is 11.5 Å². The van der Waals surface area contributed by atoms with Crippen molar-refractivity contribution in [2.45, 2.75) is 30.7 Å². The molecule has 1 atom stereocenters. The molecule has 1 amide bonds. The van der Waals surface area contributed by atoms with Gasteiger partial charge in [-0.1, -0.05) is 11.3 Å². The lowest BCUT2D eigenvalue weighted by atomic mass is 10.2. The first-order valence-corrected chi connectivity index (χ1v) is 14.4. The molecule has 1 unspecified atom stereocenters. The molecule has 0 bridgehead atoms. The molecule has 2 aliphatic heterocycles. The molecule has 2 fully saturated rings. The van der Waals surface area contributed by atoms with E-state index in [1.807, 2.05) is 25.1 Å². The molecule has 2 aromatic carbocycles. The predicted octanol–water partition coefficient (Wildman–Crippen LogP) is 3.21. The van der Waals surface area contributed by atoms with Gasteiger partial charge >= 0.3 is 0 Å². The van der Waals surface area contributed by atoms with E-state index in [0.29, 0.717) is 57.9 Å². The van der Waals surface area contributed by atoms with Crippen LogP contribution in [0.1, 0.15) is 19.8 Å². The zero-order chi connectivity index (χ0) is 25.3. The van der Waals surface area contributed by atoms with Crippen LogP contribution in [0.25, 0.3) is 10.2 Å². The summed E-state index contributed by atoms with van der Waals surface area (Å²) >= 11 is 1.62. The van der Waals surface area contributed by atoms with Crippen LogP contribution in [-0.2, 0) is 14.8 Å². The Labute approximate surface area is 215 Å². The van der Waals surface area contributed by atoms with E-state index in [1.165, 1.54) is 23.5 Å². The highest BCUT2D eigenvalue weighted by Gasteiger charge is 2.41. The van der Waals surface area contributed by atoms with Crippen LogP contribution >= 0.6 is 11.3 Å². The molecule has 5 rings (SSSR count). The third-order valence-corrected chi connectivity index (χ3v) is 9.68. The van der Waals surface area contributed by atoms with Gasteiger partial charge in [0.15, 0.2) is 5.13 Å². The Hall–Kier alpha value is -2.89. The van der Waals surface area contributed by atoms with E-state index in [2.05, 4.69) is 4.90 Å². The van der Waals surface area contributed by atoms with E-state index >= 15 is 0 Å². The van der Waals surface area contributed by atoms with Gasteiger partial charge in [-0.25, -0.2) is 13.4 Å². The number of sulfonamides is 1. The van der Waals surface area contributed by atoms with Gasteiger partial charge in [-0.05, 0) is 62.2 Å². The fourth-order valence-corrected chi connectivity index (χ4v) is 7.47. The van der Waals surface area contributed by atoms with E-state index in [4.69, 9.17) is 14.5 Å². The number of nitrogens with zero attached hydrogens (tertiary/aromatic N) is 4. The van der Waals surface area contributed by atoms with E-state index in [1.54, 1.807) is 28.4 Å². The van der Waals surface area contributed by atoms with Crippen LogP contribution in [-0.4, -0.2) is 81.0 Å². The number of carbonyl (C=O) groups excluding carboxylic acids is 1. The SMILES string of the molecule is CCOc1ccc2nc(N3CCN(C(=O)C4CCCN4S(=O)(=O)c4ccc(OC)cc4)CC3)sc2c1. The Morgan fingerprint density at radius 3 is 2.47 bits per heavy atom. The van der Waals surface area contributed by atoms with Crippen molar-refractivity contribution in [3.63, 3.8) is 0 Å². The van der Waals surface area contributed by atoms with Crippen molar-refractivity contribution in [3.05, 3.63) is 42.5 Å². The average molecular weight is 531 g/mol. The molecule has 2 aliphatic rings. The second kappa shape index (κ2) is 10.2. The van der Waals surface area contributed by atoms with Crippen LogP contribution < -0.4 is 14.4 Å². The molecule has 3 aromatic rings. The molecule has 0 aliphatic carbocycles. The van der Waals surface area contributed by atoms with Gasteiger partial charge in [-0.2, -0.15) is 4.31 Å². The molecule has 0 radical (unpaired) electrons. The molecule has 1 aromatic heterocycles. The number of methoxy groups -OCH3 is 1. The third kappa shape index (κ3) is 4.74. The van der Waals surface area contributed by atoms with Gasteiger partial charge in [0.2, 0.25) is 15.9 Å². The summed E-state index contributed by atoms with van der Waals surface area (Å²) in [5.41, 5.74) is 0.933. The average Bonchev–Trinajstić information content (AvgIpc) is 3.56. The monoisotopic (exact) mass is 530 g/mol. The number of amides is 1. The Balaban J connectivity index is 1.25. The molecule has 0 N–H and O–H groups in total. The van der Waals surface area contributed by atoms with Crippen molar-refractivity contribution in [2.75, 3.05) is 51.3 Å². The molecule has 0 saturated carbocycles. The maximum Gasteiger partial charge on any atom is 0.243 e. The van der Waals surface area contributed by atoms with Crippen molar-refractivity contribution in [2.24, 2.45) is 0 Å². The fourth-order valence-electron chi connectivity index (χ4n) is 4.77. The Bertz CT molecular complexity index is 1330. The van der Waals surface area contributed by atoms with Crippen molar-refractivity contribution in [1.82, 2.24) is 14.2 Å². The summed E-state index contributed by atoms with van der Waals surface area (Å²) in [6.07, 6.45) is 1.20. The molecule has 0 spiro atoms. The zero-order valence-electron chi connectivity index (χ0n) is 20.4. The van der Waals surface area contributed by atoms with Crippen molar-refractivity contribution in [1.29, 1.82) is 0 Å².